The lowest BCUT2D eigenvalue weighted by Crippen LogP contribution is -2.16. The second-order valence-electron chi connectivity index (χ2n) is 5.52. The number of nitro groups is 1. The van der Waals surface area contributed by atoms with Crippen molar-refractivity contribution in [3.8, 4) is 0 Å². The van der Waals surface area contributed by atoms with Gasteiger partial charge in [0.1, 0.15) is 0 Å². The summed E-state index contributed by atoms with van der Waals surface area (Å²) in [6, 6.07) is 10.1. The summed E-state index contributed by atoms with van der Waals surface area (Å²) in [6.45, 7) is 1.52. The van der Waals surface area contributed by atoms with E-state index in [1.807, 2.05) is 0 Å². The van der Waals surface area contributed by atoms with Crippen LogP contribution < -0.4 is 0 Å². The monoisotopic (exact) mass is 434 g/mol. The van der Waals surface area contributed by atoms with Crippen molar-refractivity contribution in [2.75, 3.05) is 0 Å². The van der Waals surface area contributed by atoms with Gasteiger partial charge in [0.05, 0.1) is 20.0 Å². The average Bonchev–Trinajstić information content (AvgIpc) is 2.59. The molecule has 26 heavy (non-hydrogen) atoms. The van der Waals surface area contributed by atoms with E-state index < -0.39 is 14.9 Å². The number of nitrogens with zero attached hydrogens (tertiary/aromatic N) is 2. The molecule has 0 radical (unpaired) electrons. The van der Waals surface area contributed by atoms with Crippen LogP contribution in [-0.4, -0.2) is 24.8 Å². The van der Waals surface area contributed by atoms with Gasteiger partial charge in [0.15, 0.2) is 0 Å². The molecule has 1 aliphatic carbocycles. The normalized spacial score (nSPS) is 15.5. The van der Waals surface area contributed by atoms with Gasteiger partial charge in [-0.2, -0.15) is 12.8 Å². The number of hydrogen-bond acceptors (Lipinski definition) is 5. The summed E-state index contributed by atoms with van der Waals surface area (Å²) in [5.41, 5.74) is 0.826. The van der Waals surface area contributed by atoms with Crippen LogP contribution in [0.1, 0.15) is 21.5 Å². The van der Waals surface area contributed by atoms with Gasteiger partial charge < -0.3 is 0 Å². The first-order valence-electron chi connectivity index (χ1n) is 7.32. The number of carbonyl (C=O) groups excluding carboxylic acids is 1. The summed E-state index contributed by atoms with van der Waals surface area (Å²) in [4.78, 5) is 22.3. The Balaban J connectivity index is 2.16. The van der Waals surface area contributed by atoms with E-state index in [9.17, 15) is 23.3 Å². The van der Waals surface area contributed by atoms with Gasteiger partial charge in [-0.05, 0) is 35.0 Å². The van der Waals surface area contributed by atoms with Gasteiger partial charge in [0.25, 0.3) is 15.7 Å². The Morgan fingerprint density at radius 1 is 1.12 bits per heavy atom. The molecule has 0 bridgehead atoms. The van der Waals surface area contributed by atoms with E-state index in [2.05, 4.69) is 20.3 Å². The Kier molecular flexibility index (Phi) is 4.59. The van der Waals surface area contributed by atoms with E-state index in [0.29, 0.717) is 16.7 Å². The average molecular weight is 435 g/mol. The van der Waals surface area contributed by atoms with Crippen molar-refractivity contribution in [2.45, 2.75) is 11.8 Å². The summed E-state index contributed by atoms with van der Waals surface area (Å²) in [5.74, 6) is -0.275. The number of sulfonamides is 1. The molecule has 2 aromatic carbocycles. The predicted octanol–water partition coefficient (Wildman–Crippen LogP) is 3.56. The quantitative estimate of drug-likeness (QED) is 0.541. The first-order chi connectivity index (χ1) is 12.2. The first kappa shape index (κ1) is 18.2. The van der Waals surface area contributed by atoms with Gasteiger partial charge in [0.2, 0.25) is 5.78 Å². The molecule has 0 N–H and O–H groups in total. The third-order valence-corrected chi connectivity index (χ3v) is 5.70. The van der Waals surface area contributed by atoms with Crippen LogP contribution in [0.2, 0.25) is 0 Å². The van der Waals surface area contributed by atoms with E-state index in [4.69, 9.17) is 0 Å². The maximum atomic E-state index is 12.6. The Morgan fingerprint density at radius 2 is 1.77 bits per heavy atom. The van der Waals surface area contributed by atoms with E-state index in [1.165, 1.54) is 25.1 Å². The van der Waals surface area contributed by atoms with Crippen LogP contribution in [-0.2, 0) is 10.0 Å². The Hall–Kier alpha value is -2.65. The molecular weight excluding hydrogens is 424 g/mol. The molecule has 2 aromatic rings. The lowest BCUT2D eigenvalue weighted by atomic mass is 9.94. The number of rotatable bonds is 3. The van der Waals surface area contributed by atoms with Crippen LogP contribution in [0.25, 0.3) is 0 Å². The minimum absolute atomic E-state index is 0.0790. The molecule has 0 heterocycles. The molecule has 0 spiro atoms. The third kappa shape index (κ3) is 3.23. The summed E-state index contributed by atoms with van der Waals surface area (Å²) in [5, 5.41) is 11.1. The fourth-order valence-electron chi connectivity index (χ4n) is 2.50. The second-order valence-corrected chi connectivity index (χ2v) is 7.98. The van der Waals surface area contributed by atoms with Crippen LogP contribution in [0.15, 0.2) is 62.3 Å². The van der Waals surface area contributed by atoms with Crippen LogP contribution in [0.4, 0.5) is 5.69 Å². The number of hydrogen-bond donors (Lipinski definition) is 0. The molecule has 7 nitrogen and oxygen atoms in total. The highest BCUT2D eigenvalue weighted by molar-refractivity contribution is 9.12. The van der Waals surface area contributed by atoms with Crippen LogP contribution >= 0.6 is 15.9 Å². The Labute approximate surface area is 157 Å². The molecule has 0 fully saturated rings. The lowest BCUT2D eigenvalue weighted by molar-refractivity contribution is -0.385. The highest BCUT2D eigenvalue weighted by Gasteiger charge is 2.25. The molecule has 1 aliphatic rings. The number of nitro benzene ring substituents is 1. The number of allylic oxidation sites excluding steroid dienone is 2. The highest BCUT2D eigenvalue weighted by atomic mass is 79.9. The second kappa shape index (κ2) is 6.58. The first-order valence-corrected chi connectivity index (χ1v) is 9.55. The predicted molar refractivity (Wildman–Crippen MR) is 99.3 cm³/mol. The maximum Gasteiger partial charge on any atom is 0.283 e. The van der Waals surface area contributed by atoms with E-state index >= 15 is 0 Å². The summed E-state index contributed by atoms with van der Waals surface area (Å²) in [6.07, 6.45) is 1.32. The van der Waals surface area contributed by atoms with Gasteiger partial charge in [-0.3, -0.25) is 14.9 Å². The molecule has 0 saturated carbocycles. The molecule has 9 heteroatoms. The zero-order chi connectivity index (χ0) is 19.1. The topological polar surface area (TPSA) is 107 Å². The number of aryl methyl sites for hydroxylation is 1. The molecule has 0 atom stereocenters. The minimum atomic E-state index is -4.21. The highest BCUT2D eigenvalue weighted by Crippen LogP contribution is 2.28. The molecule has 3 rings (SSSR count). The maximum absolute atomic E-state index is 12.6. The van der Waals surface area contributed by atoms with E-state index in [0.717, 1.165) is 6.07 Å². The number of halogens is 1. The SMILES string of the molecule is Cc1ccc(S(=O)(=O)N=C2C=C(Br)C(=O)c3ccccc32)cc1[N+](=O)[O-]. The number of benzene rings is 2. The van der Waals surface area contributed by atoms with Crippen molar-refractivity contribution in [1.29, 1.82) is 0 Å². The van der Waals surface area contributed by atoms with Crippen LogP contribution in [0.5, 0.6) is 0 Å². The zero-order valence-corrected chi connectivity index (χ0v) is 15.7. The standard InChI is InChI=1S/C17H11BrN2O5S/c1-10-6-7-11(8-16(10)20(22)23)26(24,25)19-15-9-14(18)17(21)13-5-3-2-4-12(13)15/h2-9H,1H3. The van der Waals surface area contributed by atoms with Gasteiger partial charge in [0, 0.05) is 22.8 Å². The van der Waals surface area contributed by atoms with E-state index in [-0.39, 0.29) is 26.6 Å². The summed E-state index contributed by atoms with van der Waals surface area (Å²) < 4.78 is 29.3. The molecule has 0 aliphatic heterocycles. The Bertz CT molecular complexity index is 1120. The number of carbonyl (C=O) groups is 1. The zero-order valence-electron chi connectivity index (χ0n) is 13.3. The number of ketones is 1. The van der Waals surface area contributed by atoms with Crippen molar-refractivity contribution < 1.29 is 18.1 Å². The smallest absolute Gasteiger partial charge is 0.283 e. The van der Waals surface area contributed by atoms with Gasteiger partial charge in [-0.25, -0.2) is 0 Å². The van der Waals surface area contributed by atoms with Gasteiger partial charge >= 0.3 is 0 Å². The summed E-state index contributed by atoms with van der Waals surface area (Å²) in [7, 11) is -4.21. The van der Waals surface area contributed by atoms with Gasteiger partial charge in [-0.15, -0.1) is 0 Å². The molecule has 0 saturated heterocycles. The number of Topliss-reactive ketones (excluding diaryl/α,β-unsaturated/α-hetero) is 1. The molecule has 132 valence electrons. The van der Waals surface area contributed by atoms with Crippen molar-refractivity contribution in [2.24, 2.45) is 4.40 Å². The molecule has 0 amide bonds. The summed E-state index contributed by atoms with van der Waals surface area (Å²) >= 11 is 3.11. The van der Waals surface area contributed by atoms with Crippen LogP contribution in [0, 0.1) is 17.0 Å². The van der Waals surface area contributed by atoms with Gasteiger partial charge in [-0.1, -0.05) is 30.3 Å². The molecule has 0 unspecified atom stereocenters. The minimum Gasteiger partial charge on any atom is -0.288 e. The fourth-order valence-corrected chi connectivity index (χ4v) is 3.95. The third-order valence-electron chi connectivity index (χ3n) is 3.82. The van der Waals surface area contributed by atoms with Crippen molar-refractivity contribution in [1.82, 2.24) is 0 Å². The van der Waals surface area contributed by atoms with Crippen molar-refractivity contribution in [3.05, 3.63) is 79.8 Å². The number of fused-ring (bicyclic) bond motifs is 1. The van der Waals surface area contributed by atoms with Crippen molar-refractivity contribution in [3.63, 3.8) is 0 Å². The molecule has 0 aromatic heterocycles. The van der Waals surface area contributed by atoms with Crippen molar-refractivity contribution >= 4 is 43.1 Å². The van der Waals surface area contributed by atoms with E-state index in [1.54, 1.807) is 24.3 Å². The van der Waals surface area contributed by atoms with Crippen LogP contribution in [0.3, 0.4) is 0 Å². The lowest BCUT2D eigenvalue weighted by Gasteiger charge is -2.14. The largest absolute Gasteiger partial charge is 0.288 e. The molecular formula is C17H11BrN2O5S. The Morgan fingerprint density at radius 3 is 2.42 bits per heavy atom. The fraction of sp³-hybridized carbons (Fsp3) is 0.0588.